The van der Waals surface area contributed by atoms with E-state index in [1.807, 2.05) is 14.2 Å². The Bertz CT molecular complexity index is 549. The predicted octanol–water partition coefficient (Wildman–Crippen LogP) is 3.88. The van der Waals surface area contributed by atoms with Crippen molar-refractivity contribution in [1.82, 2.24) is 5.32 Å². The first-order valence-corrected chi connectivity index (χ1v) is 8.35. The molecule has 2 fully saturated rings. The number of hydrogen-bond donors (Lipinski definition) is 1. The molecule has 3 aliphatic rings. The lowest BCUT2D eigenvalue weighted by atomic mass is 9.85. The van der Waals surface area contributed by atoms with Gasteiger partial charge in [0.05, 0.1) is 14.2 Å². The van der Waals surface area contributed by atoms with Gasteiger partial charge in [0.2, 0.25) is 0 Å². The molecule has 1 heterocycles. The van der Waals surface area contributed by atoms with E-state index < -0.39 is 0 Å². The average Bonchev–Trinajstić information content (AvgIpc) is 3.16. The smallest absolute Gasteiger partial charge is 0.127 e. The van der Waals surface area contributed by atoms with Gasteiger partial charge in [-0.3, -0.25) is 0 Å². The van der Waals surface area contributed by atoms with Crippen LogP contribution in [-0.4, -0.2) is 20.8 Å². The number of piperidine rings is 1. The molecule has 0 amide bonds. The van der Waals surface area contributed by atoms with E-state index in [0.717, 1.165) is 18.0 Å². The third kappa shape index (κ3) is 1.97. The third-order valence-corrected chi connectivity index (χ3v) is 5.71. The summed E-state index contributed by atoms with van der Waals surface area (Å²) in [5.41, 5.74) is 4.24. The quantitative estimate of drug-likeness (QED) is 0.915. The lowest BCUT2D eigenvalue weighted by molar-refractivity contribution is 0.360. The maximum absolute atomic E-state index is 5.90. The minimum atomic E-state index is 0.423. The molecule has 1 saturated carbocycles. The number of methoxy groups -OCH3 is 2. The topological polar surface area (TPSA) is 30.5 Å². The van der Waals surface area contributed by atoms with Crippen LogP contribution < -0.4 is 14.8 Å². The molecule has 114 valence electrons. The molecule has 4 rings (SSSR count). The molecule has 3 nitrogen and oxygen atoms in total. The number of rotatable bonds is 3. The Labute approximate surface area is 127 Å². The molecule has 1 saturated heterocycles. The van der Waals surface area contributed by atoms with Gasteiger partial charge in [0.25, 0.3) is 0 Å². The molecule has 1 aromatic carbocycles. The lowest BCUT2D eigenvalue weighted by Crippen LogP contribution is -2.27. The van der Waals surface area contributed by atoms with Crippen molar-refractivity contribution in [2.75, 3.05) is 20.8 Å². The number of ether oxygens (including phenoxy) is 2. The summed E-state index contributed by atoms with van der Waals surface area (Å²) in [5, 5.41) is 3.66. The van der Waals surface area contributed by atoms with Crippen LogP contribution in [0.5, 0.6) is 11.5 Å². The SMILES string of the molecule is COc1cc(C2CCCCN2)c(OC)c2c1C1CCC2C1. The Kier molecular flexibility index (Phi) is 3.33. The van der Waals surface area contributed by atoms with Gasteiger partial charge in [-0.15, -0.1) is 0 Å². The zero-order valence-corrected chi connectivity index (χ0v) is 13.1. The highest BCUT2D eigenvalue weighted by Gasteiger charge is 2.42. The van der Waals surface area contributed by atoms with Crippen molar-refractivity contribution in [3.05, 3.63) is 22.8 Å². The normalized spacial score (nSPS) is 30.3. The van der Waals surface area contributed by atoms with E-state index in [2.05, 4.69) is 11.4 Å². The summed E-state index contributed by atoms with van der Waals surface area (Å²) in [5.74, 6) is 3.64. The Balaban J connectivity index is 1.86. The maximum Gasteiger partial charge on any atom is 0.127 e. The van der Waals surface area contributed by atoms with E-state index in [1.165, 1.54) is 55.2 Å². The fourth-order valence-electron chi connectivity index (χ4n) is 4.80. The highest BCUT2D eigenvalue weighted by molar-refractivity contribution is 5.61. The van der Waals surface area contributed by atoms with Crippen LogP contribution in [0.25, 0.3) is 0 Å². The summed E-state index contributed by atoms with van der Waals surface area (Å²) in [7, 11) is 3.65. The van der Waals surface area contributed by atoms with Crippen molar-refractivity contribution in [3.63, 3.8) is 0 Å². The summed E-state index contributed by atoms with van der Waals surface area (Å²) in [6.07, 6.45) is 7.71. The molecule has 3 heteroatoms. The second kappa shape index (κ2) is 5.20. The summed E-state index contributed by atoms with van der Waals surface area (Å²) in [6, 6.07) is 2.67. The maximum atomic E-state index is 5.90. The second-order valence-electron chi connectivity index (χ2n) is 6.74. The van der Waals surface area contributed by atoms with Crippen molar-refractivity contribution < 1.29 is 9.47 Å². The van der Waals surface area contributed by atoms with E-state index in [-0.39, 0.29) is 0 Å². The van der Waals surface area contributed by atoms with Crippen molar-refractivity contribution in [2.24, 2.45) is 0 Å². The fraction of sp³-hybridized carbons (Fsp3) is 0.667. The molecule has 3 unspecified atom stereocenters. The van der Waals surface area contributed by atoms with Gasteiger partial charge in [0.1, 0.15) is 11.5 Å². The van der Waals surface area contributed by atoms with Gasteiger partial charge >= 0.3 is 0 Å². The van der Waals surface area contributed by atoms with Gasteiger partial charge in [-0.05, 0) is 56.6 Å². The molecule has 2 aliphatic carbocycles. The van der Waals surface area contributed by atoms with Gasteiger partial charge in [-0.1, -0.05) is 6.42 Å². The van der Waals surface area contributed by atoms with Crippen LogP contribution in [0.15, 0.2) is 6.07 Å². The molecule has 3 atom stereocenters. The standard InChI is InChI=1S/C18H25NO2/c1-20-15-10-13(14-5-3-4-8-19-14)18(21-2)17-12-7-6-11(9-12)16(15)17/h10-12,14,19H,3-9H2,1-2H3. The van der Waals surface area contributed by atoms with Gasteiger partial charge in [-0.2, -0.15) is 0 Å². The van der Waals surface area contributed by atoms with Gasteiger partial charge in [0.15, 0.2) is 0 Å². The Morgan fingerprint density at radius 1 is 1.00 bits per heavy atom. The number of hydrogen-bond acceptors (Lipinski definition) is 3. The minimum absolute atomic E-state index is 0.423. The average molecular weight is 287 g/mol. The lowest BCUT2D eigenvalue weighted by Gasteiger charge is -2.29. The zero-order chi connectivity index (χ0) is 14.4. The highest BCUT2D eigenvalue weighted by Crippen LogP contribution is 2.60. The van der Waals surface area contributed by atoms with Crippen LogP contribution in [0, 0.1) is 0 Å². The van der Waals surface area contributed by atoms with E-state index in [0.29, 0.717) is 17.9 Å². The van der Waals surface area contributed by atoms with Crippen molar-refractivity contribution in [2.45, 2.75) is 56.4 Å². The van der Waals surface area contributed by atoms with Gasteiger partial charge in [-0.25, -0.2) is 0 Å². The number of nitrogens with one attached hydrogen (secondary N) is 1. The molecule has 1 aliphatic heterocycles. The van der Waals surface area contributed by atoms with E-state index in [1.54, 1.807) is 0 Å². The molecule has 0 spiro atoms. The number of fused-ring (bicyclic) bond motifs is 5. The summed E-state index contributed by atoms with van der Waals surface area (Å²) in [4.78, 5) is 0. The Morgan fingerprint density at radius 3 is 2.48 bits per heavy atom. The molecular weight excluding hydrogens is 262 g/mol. The Morgan fingerprint density at radius 2 is 1.81 bits per heavy atom. The Hall–Kier alpha value is -1.22. The van der Waals surface area contributed by atoms with Crippen LogP contribution in [-0.2, 0) is 0 Å². The first kappa shape index (κ1) is 13.4. The van der Waals surface area contributed by atoms with Crippen molar-refractivity contribution in [3.8, 4) is 11.5 Å². The predicted molar refractivity (Wildman–Crippen MR) is 83.5 cm³/mol. The van der Waals surface area contributed by atoms with E-state index >= 15 is 0 Å². The van der Waals surface area contributed by atoms with Crippen LogP contribution >= 0.6 is 0 Å². The summed E-state index contributed by atoms with van der Waals surface area (Å²) >= 11 is 0. The van der Waals surface area contributed by atoms with Gasteiger partial charge < -0.3 is 14.8 Å². The first-order valence-electron chi connectivity index (χ1n) is 8.35. The zero-order valence-electron chi connectivity index (χ0n) is 13.1. The third-order valence-electron chi connectivity index (χ3n) is 5.71. The largest absolute Gasteiger partial charge is 0.496 e. The van der Waals surface area contributed by atoms with E-state index in [4.69, 9.17) is 9.47 Å². The van der Waals surface area contributed by atoms with Crippen LogP contribution in [0.3, 0.4) is 0 Å². The first-order chi connectivity index (χ1) is 10.3. The molecule has 1 aromatic rings. The minimum Gasteiger partial charge on any atom is -0.496 e. The van der Waals surface area contributed by atoms with Crippen LogP contribution in [0.4, 0.5) is 0 Å². The monoisotopic (exact) mass is 287 g/mol. The van der Waals surface area contributed by atoms with Crippen LogP contribution in [0.1, 0.15) is 73.1 Å². The molecular formula is C18H25NO2. The highest BCUT2D eigenvalue weighted by atomic mass is 16.5. The molecule has 21 heavy (non-hydrogen) atoms. The van der Waals surface area contributed by atoms with Crippen molar-refractivity contribution in [1.29, 1.82) is 0 Å². The van der Waals surface area contributed by atoms with Gasteiger partial charge in [0, 0.05) is 22.7 Å². The summed E-state index contributed by atoms with van der Waals surface area (Å²) in [6.45, 7) is 1.11. The number of benzene rings is 1. The molecule has 1 N–H and O–H groups in total. The molecule has 0 radical (unpaired) electrons. The second-order valence-corrected chi connectivity index (χ2v) is 6.74. The molecule has 0 aromatic heterocycles. The fourth-order valence-corrected chi connectivity index (χ4v) is 4.80. The summed E-state index contributed by atoms with van der Waals surface area (Å²) < 4.78 is 11.7. The van der Waals surface area contributed by atoms with Crippen molar-refractivity contribution >= 4 is 0 Å². The van der Waals surface area contributed by atoms with E-state index in [9.17, 15) is 0 Å². The molecule has 2 bridgehead atoms. The van der Waals surface area contributed by atoms with Crippen LogP contribution in [0.2, 0.25) is 0 Å².